The molecule has 2 atom stereocenters. The summed E-state index contributed by atoms with van der Waals surface area (Å²) in [5, 5.41) is 3.94. The van der Waals surface area contributed by atoms with Crippen LogP contribution in [0.2, 0.25) is 0 Å². The molecule has 2 nitrogen and oxygen atoms in total. The minimum atomic E-state index is 0.413. The molecule has 0 aromatic heterocycles. The van der Waals surface area contributed by atoms with Crippen molar-refractivity contribution in [2.45, 2.75) is 95.7 Å². The molecule has 0 aromatic carbocycles. The lowest BCUT2D eigenvalue weighted by atomic mass is 9.88. The summed E-state index contributed by atoms with van der Waals surface area (Å²) in [6.45, 7) is 7.39. The molecule has 20 heavy (non-hydrogen) atoms. The third kappa shape index (κ3) is 3.22. The number of nitrogens with zero attached hydrogens (tertiary/aromatic N) is 1. The number of piperazine rings is 1. The molecule has 0 aromatic rings. The van der Waals surface area contributed by atoms with Gasteiger partial charge in [0.25, 0.3) is 0 Å². The normalized spacial score (nSPS) is 37.8. The highest BCUT2D eigenvalue weighted by Crippen LogP contribution is 2.42. The van der Waals surface area contributed by atoms with E-state index in [-0.39, 0.29) is 0 Å². The van der Waals surface area contributed by atoms with Gasteiger partial charge in [-0.05, 0) is 44.9 Å². The van der Waals surface area contributed by atoms with E-state index in [1.807, 2.05) is 0 Å². The second-order valence-electron chi connectivity index (χ2n) is 7.83. The Bertz CT molecular complexity index is 305. The highest BCUT2D eigenvalue weighted by atomic mass is 15.3. The van der Waals surface area contributed by atoms with Crippen molar-refractivity contribution in [2.75, 3.05) is 13.1 Å². The van der Waals surface area contributed by atoms with E-state index in [9.17, 15) is 0 Å². The SMILES string of the molecule is CCCC1CNC(C)(C2CC2)CN1C1CCCCCC1. The molecular weight excluding hydrogens is 244 g/mol. The van der Waals surface area contributed by atoms with Crippen molar-refractivity contribution in [1.82, 2.24) is 10.2 Å². The summed E-state index contributed by atoms with van der Waals surface area (Å²) in [4.78, 5) is 2.95. The lowest BCUT2D eigenvalue weighted by molar-refractivity contribution is 0.0286. The van der Waals surface area contributed by atoms with Gasteiger partial charge in [0.15, 0.2) is 0 Å². The molecule has 0 amide bonds. The largest absolute Gasteiger partial charge is 0.308 e. The molecule has 0 radical (unpaired) electrons. The van der Waals surface area contributed by atoms with Gasteiger partial charge in [-0.3, -0.25) is 4.90 Å². The standard InChI is InChI=1S/C18H34N2/c1-3-8-17-13-19-18(2,15-11-12-15)14-20(17)16-9-6-4-5-7-10-16/h15-17,19H,3-14H2,1-2H3. The van der Waals surface area contributed by atoms with Crippen molar-refractivity contribution >= 4 is 0 Å². The third-order valence-corrected chi connectivity index (χ3v) is 6.12. The number of rotatable bonds is 4. The summed E-state index contributed by atoms with van der Waals surface area (Å²) in [5.74, 6) is 0.957. The van der Waals surface area contributed by atoms with Crippen LogP contribution >= 0.6 is 0 Å². The molecular formula is C18H34N2. The highest BCUT2D eigenvalue weighted by Gasteiger charge is 2.46. The fourth-order valence-corrected chi connectivity index (χ4v) is 4.64. The van der Waals surface area contributed by atoms with Gasteiger partial charge in [-0.15, -0.1) is 0 Å². The minimum Gasteiger partial charge on any atom is -0.308 e. The Balaban J connectivity index is 1.70. The first-order chi connectivity index (χ1) is 9.73. The van der Waals surface area contributed by atoms with E-state index < -0.39 is 0 Å². The summed E-state index contributed by atoms with van der Waals surface area (Å²) < 4.78 is 0. The zero-order chi connectivity index (χ0) is 14.0. The van der Waals surface area contributed by atoms with E-state index >= 15 is 0 Å². The lowest BCUT2D eigenvalue weighted by Crippen LogP contribution is -2.65. The van der Waals surface area contributed by atoms with E-state index in [0.717, 1.165) is 18.0 Å². The first-order valence-corrected chi connectivity index (χ1v) is 9.24. The average molecular weight is 278 g/mol. The van der Waals surface area contributed by atoms with Crippen LogP contribution in [0.4, 0.5) is 0 Å². The Kier molecular flexibility index (Phi) is 4.72. The van der Waals surface area contributed by atoms with Crippen LogP contribution in [-0.4, -0.2) is 35.6 Å². The molecule has 1 aliphatic heterocycles. The molecule has 2 unspecified atom stereocenters. The van der Waals surface area contributed by atoms with Gasteiger partial charge in [0.1, 0.15) is 0 Å². The zero-order valence-electron chi connectivity index (χ0n) is 13.7. The van der Waals surface area contributed by atoms with Gasteiger partial charge in [-0.1, -0.05) is 39.0 Å². The molecule has 2 aliphatic carbocycles. The maximum absolute atomic E-state index is 3.94. The van der Waals surface area contributed by atoms with Crippen molar-refractivity contribution in [3.63, 3.8) is 0 Å². The van der Waals surface area contributed by atoms with Gasteiger partial charge in [0.2, 0.25) is 0 Å². The van der Waals surface area contributed by atoms with E-state index in [2.05, 4.69) is 24.1 Å². The van der Waals surface area contributed by atoms with Gasteiger partial charge in [0, 0.05) is 30.7 Å². The Morgan fingerprint density at radius 3 is 2.35 bits per heavy atom. The van der Waals surface area contributed by atoms with E-state index in [0.29, 0.717) is 5.54 Å². The summed E-state index contributed by atoms with van der Waals surface area (Å²) in [6, 6.07) is 1.68. The number of hydrogen-bond donors (Lipinski definition) is 1. The first kappa shape index (κ1) is 14.8. The Hall–Kier alpha value is -0.0800. The second-order valence-corrected chi connectivity index (χ2v) is 7.83. The molecule has 0 spiro atoms. The van der Waals surface area contributed by atoms with Gasteiger partial charge < -0.3 is 5.32 Å². The molecule has 116 valence electrons. The van der Waals surface area contributed by atoms with Crippen molar-refractivity contribution in [2.24, 2.45) is 5.92 Å². The summed E-state index contributed by atoms with van der Waals surface area (Å²) in [7, 11) is 0. The van der Waals surface area contributed by atoms with Gasteiger partial charge in [-0.25, -0.2) is 0 Å². The number of nitrogens with one attached hydrogen (secondary N) is 1. The van der Waals surface area contributed by atoms with Gasteiger partial charge in [-0.2, -0.15) is 0 Å². The molecule has 1 heterocycles. The van der Waals surface area contributed by atoms with E-state index in [1.54, 1.807) is 0 Å². The van der Waals surface area contributed by atoms with Gasteiger partial charge >= 0.3 is 0 Å². The molecule has 3 aliphatic rings. The molecule has 2 saturated carbocycles. The zero-order valence-corrected chi connectivity index (χ0v) is 13.7. The van der Waals surface area contributed by atoms with Crippen LogP contribution in [0.25, 0.3) is 0 Å². The minimum absolute atomic E-state index is 0.413. The smallest absolute Gasteiger partial charge is 0.0309 e. The summed E-state index contributed by atoms with van der Waals surface area (Å²) >= 11 is 0. The average Bonchev–Trinajstić information content (AvgIpc) is 3.28. The Morgan fingerprint density at radius 2 is 1.75 bits per heavy atom. The van der Waals surface area contributed by atoms with E-state index in [1.165, 1.54) is 77.3 Å². The van der Waals surface area contributed by atoms with Crippen LogP contribution in [0.3, 0.4) is 0 Å². The molecule has 1 N–H and O–H groups in total. The predicted octanol–water partition coefficient (Wildman–Crippen LogP) is 3.95. The summed E-state index contributed by atoms with van der Waals surface area (Å²) in [6.07, 6.45) is 14.4. The number of hydrogen-bond acceptors (Lipinski definition) is 2. The van der Waals surface area contributed by atoms with Crippen LogP contribution in [-0.2, 0) is 0 Å². The monoisotopic (exact) mass is 278 g/mol. The molecule has 3 fully saturated rings. The molecule has 2 heteroatoms. The fourth-order valence-electron chi connectivity index (χ4n) is 4.64. The van der Waals surface area contributed by atoms with E-state index in [4.69, 9.17) is 0 Å². The Labute approximate surface area is 125 Å². The van der Waals surface area contributed by atoms with Crippen LogP contribution in [0.5, 0.6) is 0 Å². The van der Waals surface area contributed by atoms with Crippen LogP contribution in [0.15, 0.2) is 0 Å². The first-order valence-electron chi connectivity index (χ1n) is 9.24. The Morgan fingerprint density at radius 1 is 1.05 bits per heavy atom. The maximum atomic E-state index is 3.94. The van der Waals surface area contributed by atoms with Crippen molar-refractivity contribution in [1.29, 1.82) is 0 Å². The summed E-state index contributed by atoms with van der Waals surface area (Å²) in [5.41, 5.74) is 0.413. The molecule has 0 bridgehead atoms. The van der Waals surface area contributed by atoms with Crippen LogP contribution in [0, 0.1) is 5.92 Å². The second kappa shape index (κ2) is 6.36. The maximum Gasteiger partial charge on any atom is 0.0309 e. The lowest BCUT2D eigenvalue weighted by Gasteiger charge is -2.50. The van der Waals surface area contributed by atoms with Crippen molar-refractivity contribution in [3.8, 4) is 0 Å². The predicted molar refractivity (Wildman–Crippen MR) is 86.0 cm³/mol. The quantitative estimate of drug-likeness (QED) is 0.783. The molecule has 1 saturated heterocycles. The molecule has 3 rings (SSSR count). The van der Waals surface area contributed by atoms with Crippen LogP contribution < -0.4 is 5.32 Å². The van der Waals surface area contributed by atoms with Crippen LogP contribution in [0.1, 0.15) is 78.1 Å². The highest BCUT2D eigenvalue weighted by molar-refractivity contribution is 5.05. The van der Waals surface area contributed by atoms with Crippen molar-refractivity contribution < 1.29 is 0 Å². The topological polar surface area (TPSA) is 15.3 Å². The third-order valence-electron chi connectivity index (χ3n) is 6.12. The van der Waals surface area contributed by atoms with Crippen molar-refractivity contribution in [3.05, 3.63) is 0 Å². The fraction of sp³-hybridized carbons (Fsp3) is 1.00. The van der Waals surface area contributed by atoms with Gasteiger partial charge in [0.05, 0.1) is 0 Å².